The van der Waals surface area contributed by atoms with Crippen molar-refractivity contribution in [3.8, 4) is 5.75 Å². The highest BCUT2D eigenvalue weighted by molar-refractivity contribution is 5.99. The van der Waals surface area contributed by atoms with E-state index in [0.717, 1.165) is 37.6 Å². The zero-order valence-electron chi connectivity index (χ0n) is 10.4. The molecule has 2 heterocycles. The second kappa shape index (κ2) is 4.59. The lowest BCUT2D eigenvalue weighted by Gasteiger charge is -2.39. The molecule has 0 saturated carbocycles. The third-order valence-electron chi connectivity index (χ3n) is 3.49. The summed E-state index contributed by atoms with van der Waals surface area (Å²) in [5.74, 6) is 0.790. The van der Waals surface area contributed by atoms with Gasteiger partial charge in [-0.2, -0.15) is 0 Å². The molecule has 0 spiro atoms. The minimum atomic E-state index is -0.480. The van der Waals surface area contributed by atoms with Gasteiger partial charge in [-0.15, -0.1) is 0 Å². The first-order chi connectivity index (χ1) is 8.77. The molecule has 18 heavy (non-hydrogen) atoms. The number of rotatable bonds is 1. The van der Waals surface area contributed by atoms with Gasteiger partial charge in [-0.1, -0.05) is 12.1 Å². The fourth-order valence-electron chi connectivity index (χ4n) is 2.44. The molecule has 2 aliphatic rings. The van der Waals surface area contributed by atoms with E-state index >= 15 is 0 Å². The Morgan fingerprint density at radius 3 is 2.78 bits per heavy atom. The van der Waals surface area contributed by atoms with Crippen molar-refractivity contribution in [1.29, 1.82) is 0 Å². The van der Waals surface area contributed by atoms with Crippen LogP contribution in [-0.2, 0) is 4.79 Å². The van der Waals surface area contributed by atoms with Crippen LogP contribution in [0.15, 0.2) is 24.3 Å². The molecule has 5 heteroatoms. The number of hydrogen-bond acceptors (Lipinski definition) is 4. The summed E-state index contributed by atoms with van der Waals surface area (Å²) in [4.78, 5) is 16.1. The summed E-state index contributed by atoms with van der Waals surface area (Å²) in [7, 11) is 1.80. The number of anilines is 1. The minimum absolute atomic E-state index is 0.00981. The molecule has 0 aliphatic carbocycles. The van der Waals surface area contributed by atoms with Crippen LogP contribution in [0.5, 0.6) is 5.75 Å². The number of para-hydroxylation sites is 2. The van der Waals surface area contributed by atoms with E-state index in [1.807, 2.05) is 24.3 Å². The Labute approximate surface area is 106 Å². The first kappa shape index (κ1) is 11.5. The third kappa shape index (κ3) is 1.85. The highest BCUT2D eigenvalue weighted by Crippen LogP contribution is 2.33. The number of ether oxygens (including phenoxy) is 1. The summed E-state index contributed by atoms with van der Waals surface area (Å²) >= 11 is 0. The Morgan fingerprint density at radius 1 is 1.28 bits per heavy atom. The van der Waals surface area contributed by atoms with E-state index < -0.39 is 6.23 Å². The van der Waals surface area contributed by atoms with Gasteiger partial charge < -0.3 is 15.0 Å². The van der Waals surface area contributed by atoms with Gasteiger partial charge >= 0.3 is 0 Å². The second-order valence-electron chi connectivity index (χ2n) is 4.62. The predicted octanol–water partition coefficient (Wildman–Crippen LogP) is 0.273. The number of carbonyl (C=O) groups is 1. The molecule has 1 saturated heterocycles. The van der Waals surface area contributed by atoms with Crippen molar-refractivity contribution in [3.63, 3.8) is 0 Å². The molecule has 1 aromatic carbocycles. The number of nitrogens with zero attached hydrogens (tertiary/aromatic N) is 2. The van der Waals surface area contributed by atoms with Gasteiger partial charge in [0.05, 0.1) is 5.69 Å². The second-order valence-corrected chi connectivity index (χ2v) is 4.62. The molecule has 1 N–H and O–H groups in total. The maximum atomic E-state index is 12.3. The Morgan fingerprint density at radius 2 is 2.00 bits per heavy atom. The highest BCUT2D eigenvalue weighted by atomic mass is 16.5. The molecule has 1 amide bonds. The van der Waals surface area contributed by atoms with E-state index in [1.54, 1.807) is 11.9 Å². The van der Waals surface area contributed by atoms with Gasteiger partial charge in [-0.05, 0) is 12.1 Å². The van der Waals surface area contributed by atoms with E-state index in [0.29, 0.717) is 0 Å². The molecule has 1 fully saturated rings. The van der Waals surface area contributed by atoms with Crippen LogP contribution in [0, 0.1) is 0 Å². The smallest absolute Gasteiger partial charge is 0.283 e. The topological polar surface area (TPSA) is 44.8 Å². The number of piperazine rings is 1. The molecule has 1 unspecified atom stereocenters. The lowest BCUT2D eigenvalue weighted by molar-refractivity contribution is -0.135. The fraction of sp³-hybridized carbons (Fsp3) is 0.462. The van der Waals surface area contributed by atoms with Crippen LogP contribution in [0.1, 0.15) is 0 Å². The number of carbonyl (C=O) groups excluding carboxylic acids is 1. The van der Waals surface area contributed by atoms with Gasteiger partial charge in [0.1, 0.15) is 5.75 Å². The maximum absolute atomic E-state index is 12.3. The van der Waals surface area contributed by atoms with Gasteiger partial charge in [0.15, 0.2) is 0 Å². The SMILES string of the molecule is CN1C(=O)C(N2CCNCC2)Oc2ccccc21. The Bertz CT molecular complexity index is 457. The van der Waals surface area contributed by atoms with Crippen LogP contribution < -0.4 is 15.0 Å². The van der Waals surface area contributed by atoms with Gasteiger partial charge in [0.25, 0.3) is 5.91 Å². The van der Waals surface area contributed by atoms with Crippen molar-refractivity contribution in [3.05, 3.63) is 24.3 Å². The number of fused-ring (bicyclic) bond motifs is 1. The predicted molar refractivity (Wildman–Crippen MR) is 68.7 cm³/mol. The van der Waals surface area contributed by atoms with Gasteiger partial charge in [-0.25, -0.2) is 0 Å². The summed E-state index contributed by atoms with van der Waals surface area (Å²) in [6.45, 7) is 3.48. The number of benzene rings is 1. The zero-order valence-corrected chi connectivity index (χ0v) is 10.4. The van der Waals surface area contributed by atoms with Crippen molar-refractivity contribution < 1.29 is 9.53 Å². The average Bonchev–Trinajstić information content (AvgIpc) is 2.44. The third-order valence-corrected chi connectivity index (χ3v) is 3.49. The van der Waals surface area contributed by atoms with Crippen molar-refractivity contribution in [2.45, 2.75) is 6.23 Å². The van der Waals surface area contributed by atoms with Crippen LogP contribution >= 0.6 is 0 Å². The number of likely N-dealkylation sites (N-methyl/N-ethyl adjacent to an activating group) is 1. The molecule has 0 bridgehead atoms. The van der Waals surface area contributed by atoms with Gasteiger partial charge in [0.2, 0.25) is 6.23 Å². The van der Waals surface area contributed by atoms with Crippen molar-refractivity contribution in [1.82, 2.24) is 10.2 Å². The quantitative estimate of drug-likeness (QED) is 0.774. The molecule has 0 radical (unpaired) electrons. The van der Waals surface area contributed by atoms with Gasteiger partial charge in [0, 0.05) is 33.2 Å². The monoisotopic (exact) mass is 247 g/mol. The fourth-order valence-corrected chi connectivity index (χ4v) is 2.44. The number of hydrogen-bond donors (Lipinski definition) is 1. The number of nitrogens with one attached hydrogen (secondary N) is 1. The lowest BCUT2D eigenvalue weighted by Crippen LogP contribution is -2.58. The van der Waals surface area contributed by atoms with E-state index in [9.17, 15) is 4.79 Å². The van der Waals surface area contributed by atoms with Crippen LogP contribution in [0.2, 0.25) is 0 Å². The van der Waals surface area contributed by atoms with E-state index in [1.165, 1.54) is 0 Å². The molecule has 0 aromatic heterocycles. The summed E-state index contributed by atoms with van der Waals surface area (Å²) < 4.78 is 5.86. The van der Waals surface area contributed by atoms with Crippen molar-refractivity contribution in [2.24, 2.45) is 0 Å². The van der Waals surface area contributed by atoms with Crippen LogP contribution in [0.3, 0.4) is 0 Å². The summed E-state index contributed by atoms with van der Waals surface area (Å²) in [6.07, 6.45) is -0.480. The zero-order chi connectivity index (χ0) is 12.5. The summed E-state index contributed by atoms with van der Waals surface area (Å²) in [5, 5.41) is 3.28. The average molecular weight is 247 g/mol. The normalized spacial score (nSPS) is 24.6. The summed E-state index contributed by atoms with van der Waals surface area (Å²) in [5.41, 5.74) is 0.842. The molecular formula is C13H17N3O2. The maximum Gasteiger partial charge on any atom is 0.283 e. The van der Waals surface area contributed by atoms with E-state index in [2.05, 4.69) is 10.2 Å². The molecule has 96 valence electrons. The molecule has 3 rings (SSSR count). The molecule has 1 aromatic rings. The summed E-state index contributed by atoms with van der Waals surface area (Å²) in [6, 6.07) is 7.66. The minimum Gasteiger partial charge on any atom is -0.463 e. The number of amides is 1. The highest BCUT2D eigenvalue weighted by Gasteiger charge is 2.36. The van der Waals surface area contributed by atoms with E-state index in [-0.39, 0.29) is 5.91 Å². The molecular weight excluding hydrogens is 230 g/mol. The van der Waals surface area contributed by atoms with Crippen molar-refractivity contribution in [2.75, 3.05) is 38.1 Å². The van der Waals surface area contributed by atoms with Gasteiger partial charge in [-0.3, -0.25) is 9.69 Å². The van der Waals surface area contributed by atoms with Crippen LogP contribution in [0.25, 0.3) is 0 Å². The Hall–Kier alpha value is -1.59. The standard InChI is InChI=1S/C13H17N3O2/c1-15-10-4-2-3-5-11(10)18-13(12(15)17)16-8-6-14-7-9-16/h2-5,13-14H,6-9H2,1H3. The Kier molecular flexibility index (Phi) is 2.93. The van der Waals surface area contributed by atoms with Crippen LogP contribution in [0.4, 0.5) is 5.69 Å². The first-order valence-corrected chi connectivity index (χ1v) is 6.25. The Balaban J connectivity index is 1.88. The first-order valence-electron chi connectivity index (χ1n) is 6.25. The van der Waals surface area contributed by atoms with Crippen molar-refractivity contribution >= 4 is 11.6 Å². The molecule has 5 nitrogen and oxygen atoms in total. The molecule has 2 aliphatic heterocycles. The molecule has 1 atom stereocenters. The van der Waals surface area contributed by atoms with E-state index in [4.69, 9.17) is 4.74 Å². The van der Waals surface area contributed by atoms with Crippen LogP contribution in [-0.4, -0.2) is 50.3 Å². The largest absolute Gasteiger partial charge is 0.463 e. The lowest BCUT2D eigenvalue weighted by atomic mass is 10.2.